The van der Waals surface area contributed by atoms with Crippen molar-refractivity contribution < 1.29 is 0 Å². The summed E-state index contributed by atoms with van der Waals surface area (Å²) in [4.78, 5) is 15.5. The Kier molecular flexibility index (Phi) is 7.09. The zero-order valence-electron chi connectivity index (χ0n) is 25.9. The van der Waals surface area contributed by atoms with Crippen LogP contribution in [0.5, 0.6) is 0 Å². The maximum absolute atomic E-state index is 6.25. The number of aromatic nitrogens is 3. The van der Waals surface area contributed by atoms with Crippen LogP contribution in [0.25, 0.3) is 83.6 Å². The molecule has 0 amide bonds. The molecule has 0 radical (unpaired) electrons. The summed E-state index contributed by atoms with van der Waals surface area (Å²) in [5.41, 5.74) is 8.14. The van der Waals surface area contributed by atoms with E-state index in [1.165, 1.54) is 10.8 Å². The molecule has 2 aromatic heterocycles. The largest absolute Gasteiger partial charge is 0.246 e. The summed E-state index contributed by atoms with van der Waals surface area (Å²) in [6.07, 6.45) is 10.3. The third-order valence-electron chi connectivity index (χ3n) is 8.64. The van der Waals surface area contributed by atoms with Crippen LogP contribution in [0.2, 0.25) is 0 Å². The molecule has 8 aromatic rings. The van der Waals surface area contributed by atoms with E-state index in [1.807, 2.05) is 55.5 Å². The zero-order chi connectivity index (χ0) is 31.7. The van der Waals surface area contributed by atoms with Gasteiger partial charge < -0.3 is 0 Å². The van der Waals surface area contributed by atoms with E-state index in [-0.39, 0.29) is 0 Å². The molecule has 0 aliphatic carbocycles. The molecule has 0 bridgehead atoms. The molecule has 8 rings (SSSR count). The molecule has 0 spiro atoms. The van der Waals surface area contributed by atoms with E-state index in [0.717, 1.165) is 72.1 Å². The summed E-state index contributed by atoms with van der Waals surface area (Å²) >= 11 is 0. The number of benzene rings is 6. The number of terminal acetylenes is 1. The second kappa shape index (κ2) is 11.9. The Labute approximate surface area is 273 Å². The van der Waals surface area contributed by atoms with Gasteiger partial charge in [-0.25, -0.2) is 15.0 Å². The summed E-state index contributed by atoms with van der Waals surface area (Å²) in [5, 5.41) is 6.66. The van der Waals surface area contributed by atoms with E-state index in [2.05, 4.69) is 109 Å². The Hall–Kier alpha value is -6.37. The average molecular weight is 600 g/mol. The summed E-state index contributed by atoms with van der Waals surface area (Å²) in [7, 11) is 0. The van der Waals surface area contributed by atoms with Gasteiger partial charge in [0.05, 0.1) is 28.3 Å². The van der Waals surface area contributed by atoms with E-state index in [0.29, 0.717) is 5.82 Å². The number of fused-ring (bicyclic) bond motifs is 6. The van der Waals surface area contributed by atoms with E-state index in [4.69, 9.17) is 21.4 Å². The van der Waals surface area contributed by atoms with Gasteiger partial charge >= 0.3 is 0 Å². The Morgan fingerprint density at radius 2 is 1.02 bits per heavy atom. The van der Waals surface area contributed by atoms with Crippen molar-refractivity contribution in [3.05, 3.63) is 157 Å². The third kappa shape index (κ3) is 4.94. The molecule has 220 valence electrons. The van der Waals surface area contributed by atoms with E-state index < -0.39 is 0 Å². The predicted octanol–water partition coefficient (Wildman–Crippen LogP) is 11.0. The third-order valence-corrected chi connectivity index (χ3v) is 8.64. The van der Waals surface area contributed by atoms with Gasteiger partial charge in [-0.2, -0.15) is 0 Å². The Bertz CT molecular complexity index is 2470. The second-order valence-corrected chi connectivity index (χ2v) is 11.5. The number of hydrogen-bond donors (Lipinski definition) is 0. The average Bonchev–Trinajstić information content (AvgIpc) is 3.15. The molecule has 0 aliphatic rings. The summed E-state index contributed by atoms with van der Waals surface area (Å²) in [6, 6.07) is 48.0. The molecule has 0 fully saturated rings. The molecular formula is C44H29N3. The van der Waals surface area contributed by atoms with Gasteiger partial charge in [-0.05, 0) is 46.7 Å². The summed E-state index contributed by atoms with van der Waals surface area (Å²) in [5.74, 6) is 3.66. The van der Waals surface area contributed by atoms with Gasteiger partial charge in [-0.1, -0.05) is 139 Å². The van der Waals surface area contributed by atoms with Crippen LogP contribution in [0.3, 0.4) is 0 Å². The first-order valence-corrected chi connectivity index (χ1v) is 15.7. The maximum Gasteiger partial charge on any atom is 0.160 e. The molecule has 3 heteroatoms. The lowest BCUT2D eigenvalue weighted by Gasteiger charge is -2.17. The lowest BCUT2D eigenvalue weighted by Crippen LogP contribution is -1.99. The molecule has 0 N–H and O–H groups in total. The molecule has 0 saturated carbocycles. The van der Waals surface area contributed by atoms with Gasteiger partial charge in [0, 0.05) is 33.0 Å². The summed E-state index contributed by atoms with van der Waals surface area (Å²) < 4.78 is 0. The molecule has 47 heavy (non-hydrogen) atoms. The van der Waals surface area contributed by atoms with Gasteiger partial charge in [0.15, 0.2) is 5.82 Å². The molecule has 3 nitrogen and oxygen atoms in total. The first kappa shape index (κ1) is 28.1. The molecular weight excluding hydrogens is 571 g/mol. The van der Waals surface area contributed by atoms with Crippen molar-refractivity contribution in [3.8, 4) is 57.5 Å². The molecule has 0 aliphatic heterocycles. The van der Waals surface area contributed by atoms with Crippen molar-refractivity contribution in [2.75, 3.05) is 0 Å². The van der Waals surface area contributed by atoms with Crippen LogP contribution < -0.4 is 0 Å². The van der Waals surface area contributed by atoms with Gasteiger partial charge in [-0.3, -0.25) is 0 Å². The predicted molar refractivity (Wildman–Crippen MR) is 197 cm³/mol. The second-order valence-electron chi connectivity index (χ2n) is 11.5. The topological polar surface area (TPSA) is 38.7 Å². The van der Waals surface area contributed by atoms with Crippen LogP contribution in [0.4, 0.5) is 0 Å². The number of hydrogen-bond acceptors (Lipinski definition) is 3. The fraction of sp³-hybridized carbons (Fsp3) is 0.0227. The highest BCUT2D eigenvalue weighted by atomic mass is 14.9. The fourth-order valence-corrected chi connectivity index (χ4v) is 6.54. The highest BCUT2D eigenvalue weighted by Crippen LogP contribution is 2.42. The van der Waals surface area contributed by atoms with E-state index in [1.54, 1.807) is 0 Å². The maximum atomic E-state index is 6.25. The minimum atomic E-state index is 0.653. The minimum absolute atomic E-state index is 0.653. The highest BCUT2D eigenvalue weighted by molar-refractivity contribution is 6.29. The molecule has 6 aromatic carbocycles. The van der Waals surface area contributed by atoms with Crippen LogP contribution in [-0.2, 0) is 0 Å². The van der Waals surface area contributed by atoms with Crippen molar-refractivity contribution in [2.24, 2.45) is 0 Å². The first-order valence-electron chi connectivity index (χ1n) is 15.7. The number of nitrogens with zero attached hydrogens (tertiary/aromatic N) is 3. The van der Waals surface area contributed by atoms with Crippen LogP contribution in [0.1, 0.15) is 18.2 Å². The fourth-order valence-electron chi connectivity index (χ4n) is 6.54. The van der Waals surface area contributed by atoms with Crippen molar-refractivity contribution in [2.45, 2.75) is 6.92 Å². The Balaban J connectivity index is 1.42. The lowest BCUT2D eigenvalue weighted by molar-refractivity contribution is 1.18. The van der Waals surface area contributed by atoms with Gasteiger partial charge in [0.2, 0.25) is 0 Å². The van der Waals surface area contributed by atoms with Crippen molar-refractivity contribution in [1.82, 2.24) is 15.0 Å². The summed E-state index contributed by atoms with van der Waals surface area (Å²) in [6.45, 7) is 1.99. The molecule has 0 unspecified atom stereocenters. The SMILES string of the molecule is C#Cc1c(/C=C\C)nc(-c2cccc(-c3nc(-c4ccccc4)cc(-c4ccccc4)n3)c2)c2c3ccccc3c3ccccc3c12. The van der Waals surface area contributed by atoms with E-state index in [9.17, 15) is 0 Å². The van der Waals surface area contributed by atoms with Crippen LogP contribution in [-0.4, -0.2) is 15.0 Å². The molecule has 0 atom stereocenters. The van der Waals surface area contributed by atoms with Crippen molar-refractivity contribution in [3.63, 3.8) is 0 Å². The van der Waals surface area contributed by atoms with Crippen LogP contribution in [0, 0.1) is 12.3 Å². The van der Waals surface area contributed by atoms with Gasteiger partial charge in [0.25, 0.3) is 0 Å². The monoisotopic (exact) mass is 599 g/mol. The van der Waals surface area contributed by atoms with Crippen LogP contribution in [0.15, 0.2) is 146 Å². The van der Waals surface area contributed by atoms with E-state index >= 15 is 0 Å². The highest BCUT2D eigenvalue weighted by Gasteiger charge is 2.20. The normalized spacial score (nSPS) is 11.4. The zero-order valence-corrected chi connectivity index (χ0v) is 25.9. The van der Waals surface area contributed by atoms with Crippen LogP contribution >= 0.6 is 0 Å². The lowest BCUT2D eigenvalue weighted by atomic mass is 9.88. The number of pyridine rings is 1. The quantitative estimate of drug-likeness (QED) is 0.146. The molecule has 2 heterocycles. The Morgan fingerprint density at radius 3 is 1.60 bits per heavy atom. The van der Waals surface area contributed by atoms with Gasteiger partial charge in [0.1, 0.15) is 0 Å². The van der Waals surface area contributed by atoms with Crippen molar-refractivity contribution >= 4 is 38.4 Å². The van der Waals surface area contributed by atoms with Gasteiger partial charge in [-0.15, -0.1) is 6.42 Å². The Morgan fingerprint density at radius 1 is 0.511 bits per heavy atom. The smallest absolute Gasteiger partial charge is 0.160 e. The van der Waals surface area contributed by atoms with Crippen molar-refractivity contribution in [1.29, 1.82) is 0 Å². The number of allylic oxidation sites excluding steroid dienone is 1. The first-order chi connectivity index (χ1) is 23.2. The standard InChI is InChI=1S/C44H29N3/c1-3-16-38-33(4-2)41-36-25-13-11-23-34(36)35-24-12-14-26-37(35)42(41)43(45-38)31-21-15-22-32(27-31)44-46-39(29-17-7-5-8-18-29)28-40(47-44)30-19-9-6-10-20-30/h2-3,5-28H,1H3/b16-3-. The number of rotatable bonds is 5. The minimum Gasteiger partial charge on any atom is -0.246 e. The molecule has 0 saturated heterocycles.